The molecule has 0 amide bonds. The van der Waals surface area contributed by atoms with Crippen molar-refractivity contribution in [3.05, 3.63) is 133 Å². The number of rotatable bonds is 4. The molecule has 220 valence electrons. The summed E-state index contributed by atoms with van der Waals surface area (Å²) >= 11 is 1.73. The van der Waals surface area contributed by atoms with Gasteiger partial charge in [0.15, 0.2) is 23.1 Å². The van der Waals surface area contributed by atoms with Crippen molar-refractivity contribution in [2.75, 3.05) is 0 Å². The van der Waals surface area contributed by atoms with E-state index in [2.05, 4.69) is 42.5 Å². The second-order valence-electron chi connectivity index (χ2n) is 11.5. The van der Waals surface area contributed by atoms with Gasteiger partial charge in [-0.15, -0.1) is 11.3 Å². The van der Waals surface area contributed by atoms with Crippen molar-refractivity contribution in [2.24, 2.45) is 0 Å². The van der Waals surface area contributed by atoms with Gasteiger partial charge in [-0.3, -0.25) is 0 Å². The van der Waals surface area contributed by atoms with Crippen LogP contribution in [0.25, 0.3) is 98.8 Å². The predicted molar refractivity (Wildman–Crippen MR) is 189 cm³/mol. The molecule has 0 aliphatic carbocycles. The maximum absolute atomic E-state index is 6.44. The van der Waals surface area contributed by atoms with E-state index in [-0.39, 0.29) is 0 Å². The topological polar surface area (TPSA) is 77.8 Å². The fraction of sp³-hybridized carbons (Fsp3) is 0. The average molecular weight is 623 g/mol. The average Bonchev–Trinajstić information content (AvgIpc) is 3.83. The highest BCUT2D eigenvalue weighted by Gasteiger charge is 2.19. The molecule has 0 N–H and O–H groups in total. The summed E-state index contributed by atoms with van der Waals surface area (Å²) in [4.78, 5) is 19.9. The van der Waals surface area contributed by atoms with E-state index >= 15 is 0 Å². The van der Waals surface area contributed by atoms with Crippen LogP contribution >= 0.6 is 11.3 Å². The van der Waals surface area contributed by atoms with Gasteiger partial charge in [0.2, 0.25) is 5.89 Å². The summed E-state index contributed by atoms with van der Waals surface area (Å²) in [7, 11) is 0. The zero-order valence-electron chi connectivity index (χ0n) is 24.7. The van der Waals surface area contributed by atoms with Crippen LogP contribution in [0.5, 0.6) is 0 Å². The van der Waals surface area contributed by atoms with Gasteiger partial charge in [-0.05, 0) is 42.5 Å². The second kappa shape index (κ2) is 10.2. The van der Waals surface area contributed by atoms with Crippen LogP contribution in [0.2, 0.25) is 0 Å². The first-order valence-corrected chi connectivity index (χ1v) is 16.1. The Kier molecular flexibility index (Phi) is 5.64. The number of furan rings is 1. The van der Waals surface area contributed by atoms with Gasteiger partial charge in [0.25, 0.3) is 0 Å². The van der Waals surface area contributed by atoms with E-state index in [0.717, 1.165) is 75.5 Å². The summed E-state index contributed by atoms with van der Waals surface area (Å²) in [6.07, 6.45) is 0. The molecule has 4 heterocycles. The molecule has 0 radical (unpaired) electrons. The molecular formula is C40H22N4O2S. The molecule has 47 heavy (non-hydrogen) atoms. The highest BCUT2D eigenvalue weighted by atomic mass is 32.1. The summed E-state index contributed by atoms with van der Waals surface area (Å²) in [5.74, 6) is 2.47. The van der Waals surface area contributed by atoms with Crippen molar-refractivity contribution in [1.29, 1.82) is 0 Å². The largest absolute Gasteiger partial charge is 0.456 e. The van der Waals surface area contributed by atoms with Crippen molar-refractivity contribution in [3.63, 3.8) is 0 Å². The second-order valence-corrected chi connectivity index (χ2v) is 12.5. The quantitative estimate of drug-likeness (QED) is 0.194. The molecule has 0 saturated carbocycles. The molecule has 10 aromatic rings. The molecule has 0 unspecified atom stereocenters. The molecule has 7 heteroatoms. The van der Waals surface area contributed by atoms with Gasteiger partial charge in [0.1, 0.15) is 16.7 Å². The van der Waals surface area contributed by atoms with Crippen molar-refractivity contribution in [1.82, 2.24) is 19.9 Å². The van der Waals surface area contributed by atoms with Crippen LogP contribution in [0.15, 0.2) is 142 Å². The number of benzene rings is 6. The van der Waals surface area contributed by atoms with E-state index in [1.807, 2.05) is 91.0 Å². The lowest BCUT2D eigenvalue weighted by atomic mass is 10.0. The van der Waals surface area contributed by atoms with Crippen LogP contribution in [-0.4, -0.2) is 19.9 Å². The molecular weight excluding hydrogens is 601 g/mol. The summed E-state index contributed by atoms with van der Waals surface area (Å²) in [5, 5.41) is 4.28. The van der Waals surface area contributed by atoms with Gasteiger partial charge in [0, 0.05) is 53.2 Å². The zero-order valence-corrected chi connectivity index (χ0v) is 25.5. The molecule has 0 aliphatic heterocycles. The fourth-order valence-corrected chi connectivity index (χ4v) is 7.49. The van der Waals surface area contributed by atoms with Crippen molar-refractivity contribution >= 4 is 64.5 Å². The summed E-state index contributed by atoms with van der Waals surface area (Å²) in [6.45, 7) is 0. The normalized spacial score (nSPS) is 11.8. The Morgan fingerprint density at radius 2 is 1.13 bits per heavy atom. The standard InChI is InChI=1S/C40H22N4O2S/c1-3-10-23(11-4-1)37-42-38(24-12-5-2-6-13-24)44-39(43-37)27-15-9-17-34-36(27)29-21-33-30(22-35(29)47-34)41-40(46-33)25-18-19-32-28(20-25)26-14-7-8-16-31(26)45-32/h1-22H. The molecule has 10 rings (SSSR count). The van der Waals surface area contributed by atoms with E-state index in [9.17, 15) is 0 Å². The first kappa shape index (κ1) is 26.1. The number of aromatic nitrogens is 4. The van der Waals surface area contributed by atoms with Crippen LogP contribution in [0.1, 0.15) is 0 Å². The molecule has 0 atom stereocenters. The first-order chi connectivity index (χ1) is 23.2. The molecule has 0 bridgehead atoms. The maximum Gasteiger partial charge on any atom is 0.227 e. The number of para-hydroxylation sites is 1. The molecule has 0 saturated heterocycles. The van der Waals surface area contributed by atoms with E-state index in [1.54, 1.807) is 11.3 Å². The van der Waals surface area contributed by atoms with E-state index in [1.165, 1.54) is 0 Å². The van der Waals surface area contributed by atoms with Gasteiger partial charge in [-0.25, -0.2) is 19.9 Å². The Bertz CT molecular complexity index is 2740. The van der Waals surface area contributed by atoms with Gasteiger partial charge in [-0.1, -0.05) is 91.0 Å². The predicted octanol–water partition coefficient (Wildman–Crippen LogP) is 10.9. The maximum atomic E-state index is 6.44. The van der Waals surface area contributed by atoms with E-state index < -0.39 is 0 Å². The van der Waals surface area contributed by atoms with Crippen molar-refractivity contribution < 1.29 is 8.83 Å². The Morgan fingerprint density at radius 3 is 1.91 bits per heavy atom. The third-order valence-electron chi connectivity index (χ3n) is 8.57. The van der Waals surface area contributed by atoms with Gasteiger partial charge >= 0.3 is 0 Å². The van der Waals surface area contributed by atoms with Crippen LogP contribution in [0.4, 0.5) is 0 Å². The van der Waals surface area contributed by atoms with Crippen LogP contribution in [0, 0.1) is 0 Å². The van der Waals surface area contributed by atoms with Crippen molar-refractivity contribution in [3.8, 4) is 45.6 Å². The summed E-state index contributed by atoms with van der Waals surface area (Å²) in [5.41, 5.74) is 6.98. The number of oxazole rings is 1. The first-order valence-electron chi connectivity index (χ1n) is 15.3. The number of hydrogen-bond donors (Lipinski definition) is 0. The Hall–Kier alpha value is -6.18. The number of thiophene rings is 1. The van der Waals surface area contributed by atoms with Gasteiger partial charge in [0.05, 0.1) is 0 Å². The molecule has 6 aromatic carbocycles. The van der Waals surface area contributed by atoms with E-state index in [0.29, 0.717) is 23.4 Å². The fourth-order valence-electron chi connectivity index (χ4n) is 6.34. The molecule has 0 aliphatic rings. The Morgan fingerprint density at radius 1 is 0.426 bits per heavy atom. The van der Waals surface area contributed by atoms with Crippen LogP contribution in [0.3, 0.4) is 0 Å². The highest BCUT2D eigenvalue weighted by Crippen LogP contribution is 2.42. The lowest BCUT2D eigenvalue weighted by Gasteiger charge is -2.09. The van der Waals surface area contributed by atoms with Crippen molar-refractivity contribution in [2.45, 2.75) is 0 Å². The molecule has 0 fully saturated rings. The Labute approximate surface area is 271 Å². The minimum atomic E-state index is 0.576. The monoisotopic (exact) mass is 622 g/mol. The molecule has 6 nitrogen and oxygen atoms in total. The lowest BCUT2D eigenvalue weighted by Crippen LogP contribution is -2.00. The number of fused-ring (bicyclic) bond motifs is 7. The van der Waals surface area contributed by atoms with E-state index in [4.69, 9.17) is 28.8 Å². The molecule has 4 aromatic heterocycles. The highest BCUT2D eigenvalue weighted by molar-refractivity contribution is 7.26. The van der Waals surface area contributed by atoms with Gasteiger partial charge in [-0.2, -0.15) is 0 Å². The minimum absolute atomic E-state index is 0.576. The third kappa shape index (κ3) is 4.25. The Balaban J connectivity index is 1.15. The summed E-state index contributed by atoms with van der Waals surface area (Å²) in [6, 6.07) is 44.8. The lowest BCUT2D eigenvalue weighted by molar-refractivity contribution is 0.620. The zero-order chi connectivity index (χ0) is 30.9. The van der Waals surface area contributed by atoms with Crippen LogP contribution in [-0.2, 0) is 0 Å². The smallest absolute Gasteiger partial charge is 0.227 e. The van der Waals surface area contributed by atoms with Gasteiger partial charge < -0.3 is 8.83 Å². The van der Waals surface area contributed by atoms with Crippen LogP contribution < -0.4 is 0 Å². The SMILES string of the molecule is c1ccc(-c2nc(-c3ccccc3)nc(-c3cccc4sc5cc6nc(-c7ccc8oc9ccccc9c8c7)oc6cc5c34)n2)cc1. The molecule has 0 spiro atoms. The third-order valence-corrected chi connectivity index (χ3v) is 9.69. The number of nitrogens with zero attached hydrogens (tertiary/aromatic N) is 4. The number of hydrogen-bond acceptors (Lipinski definition) is 7. The minimum Gasteiger partial charge on any atom is -0.456 e. The summed E-state index contributed by atoms with van der Waals surface area (Å²) < 4.78 is 14.7.